The number of hydrogen-bond acceptors (Lipinski definition) is 9. The molecule has 4 unspecified atom stereocenters. The average Bonchev–Trinajstić information content (AvgIpc) is 3.44. The Bertz CT molecular complexity index is 1210. The quantitative estimate of drug-likeness (QED) is 0.501. The molecule has 37 heavy (non-hydrogen) atoms. The molecule has 1 amide bonds. The van der Waals surface area contributed by atoms with Crippen LogP contribution in [0.25, 0.3) is 0 Å². The van der Waals surface area contributed by atoms with Gasteiger partial charge in [-0.15, -0.1) is 0 Å². The zero-order valence-electron chi connectivity index (χ0n) is 20.7. The Morgan fingerprint density at radius 3 is 2.73 bits per heavy atom. The Morgan fingerprint density at radius 2 is 2.03 bits per heavy atom. The van der Waals surface area contributed by atoms with Crippen molar-refractivity contribution in [1.82, 2.24) is 14.9 Å². The Kier molecular flexibility index (Phi) is 6.84. The van der Waals surface area contributed by atoms with Gasteiger partial charge in [0.2, 0.25) is 5.82 Å². The predicted octanol–water partition coefficient (Wildman–Crippen LogP) is 4.06. The number of anilines is 2. The molecule has 3 aliphatic rings. The van der Waals surface area contributed by atoms with Crippen molar-refractivity contribution in [1.29, 1.82) is 0 Å². The van der Waals surface area contributed by atoms with E-state index in [4.69, 9.17) is 25.8 Å². The molecule has 2 aromatic rings. The van der Waals surface area contributed by atoms with Gasteiger partial charge in [-0.25, -0.2) is 14.6 Å². The number of esters is 1. The van der Waals surface area contributed by atoms with E-state index in [1.807, 2.05) is 6.92 Å². The number of ether oxygens (including phenoxy) is 4. The minimum atomic E-state index is -0.786. The summed E-state index contributed by atoms with van der Waals surface area (Å²) >= 11 is 6.26. The molecule has 198 valence electrons. The van der Waals surface area contributed by atoms with Gasteiger partial charge in [-0.1, -0.05) is 11.6 Å². The van der Waals surface area contributed by atoms with Gasteiger partial charge in [0.15, 0.2) is 5.82 Å². The normalized spacial score (nSPS) is 24.9. The fraction of sp³-hybridized carbons (Fsp3) is 0.520. The van der Waals surface area contributed by atoms with Crippen molar-refractivity contribution in [2.24, 2.45) is 17.8 Å². The summed E-state index contributed by atoms with van der Waals surface area (Å²) in [6.07, 6.45) is 2.15. The van der Waals surface area contributed by atoms with Crippen LogP contribution in [0.2, 0.25) is 5.02 Å². The Hall–Kier alpha value is -3.18. The van der Waals surface area contributed by atoms with E-state index in [1.54, 1.807) is 11.9 Å². The molecule has 1 saturated heterocycles. The number of carbonyl (C=O) groups is 2. The molecule has 0 bridgehead atoms. The SMILES string of the molecule is COC(=O)c1ccc(Nc2ncnc(OC3C4COCC4C3CN(C)C(=O)OC3(C)CC3)c2F)c(Cl)c1. The van der Waals surface area contributed by atoms with Crippen LogP contribution in [0.3, 0.4) is 0 Å². The number of hydrogen-bond donors (Lipinski definition) is 1. The van der Waals surface area contributed by atoms with Crippen LogP contribution >= 0.6 is 11.6 Å². The minimum Gasteiger partial charge on any atom is -0.471 e. The molecule has 1 aromatic heterocycles. The van der Waals surface area contributed by atoms with Crippen molar-refractivity contribution in [2.45, 2.75) is 31.5 Å². The van der Waals surface area contributed by atoms with Gasteiger partial charge in [-0.3, -0.25) is 0 Å². The van der Waals surface area contributed by atoms with Gasteiger partial charge in [0, 0.05) is 25.4 Å². The molecule has 4 atom stereocenters. The highest BCUT2D eigenvalue weighted by molar-refractivity contribution is 6.33. The minimum absolute atomic E-state index is 0.0665. The van der Waals surface area contributed by atoms with Crippen LogP contribution in [-0.4, -0.2) is 72.6 Å². The molecule has 1 aromatic carbocycles. The second-order valence-corrected chi connectivity index (χ2v) is 10.4. The highest BCUT2D eigenvalue weighted by Crippen LogP contribution is 2.48. The second-order valence-electron chi connectivity index (χ2n) is 9.96. The molecule has 3 fully saturated rings. The van der Waals surface area contributed by atoms with Gasteiger partial charge in [-0.05, 0) is 43.9 Å². The number of rotatable bonds is 8. The number of fused-ring (bicyclic) bond motifs is 1. The first-order valence-electron chi connectivity index (χ1n) is 12.0. The van der Waals surface area contributed by atoms with Crippen molar-refractivity contribution in [3.05, 3.63) is 40.9 Å². The number of nitrogens with zero attached hydrogens (tertiary/aromatic N) is 3. The van der Waals surface area contributed by atoms with E-state index < -0.39 is 11.8 Å². The summed E-state index contributed by atoms with van der Waals surface area (Å²) in [5.74, 6) is -1.47. The number of halogens is 2. The number of aromatic nitrogens is 2. The van der Waals surface area contributed by atoms with Crippen molar-refractivity contribution in [3.63, 3.8) is 0 Å². The summed E-state index contributed by atoms with van der Waals surface area (Å²) in [7, 11) is 2.96. The van der Waals surface area contributed by atoms with E-state index >= 15 is 4.39 Å². The van der Waals surface area contributed by atoms with Gasteiger partial charge in [0.1, 0.15) is 18.0 Å². The standard InChI is InChI=1S/C25H28ClFN4O6/c1-25(6-7-25)37-24(33)31(2)9-14-15-10-35-11-16(15)20(14)36-22-19(27)21(28-12-29-22)30-18-5-4-13(8-17(18)26)23(32)34-3/h4-5,8,12,14-16,20H,6-7,9-11H2,1-3H3,(H,28,29,30). The zero-order valence-corrected chi connectivity index (χ0v) is 21.5. The number of benzene rings is 1. The first-order chi connectivity index (χ1) is 17.7. The molecule has 10 nitrogen and oxygen atoms in total. The Morgan fingerprint density at radius 1 is 1.27 bits per heavy atom. The molecule has 1 aliphatic heterocycles. The van der Waals surface area contributed by atoms with Gasteiger partial charge in [-0.2, -0.15) is 9.37 Å². The third kappa shape index (κ3) is 5.15. The Balaban J connectivity index is 1.28. The van der Waals surface area contributed by atoms with Crippen LogP contribution in [0.5, 0.6) is 5.88 Å². The van der Waals surface area contributed by atoms with E-state index in [1.165, 1.54) is 31.6 Å². The Labute approximate surface area is 218 Å². The summed E-state index contributed by atoms with van der Waals surface area (Å²) in [6, 6.07) is 4.44. The fourth-order valence-corrected chi connectivity index (χ4v) is 5.02. The van der Waals surface area contributed by atoms with E-state index in [9.17, 15) is 9.59 Å². The molecule has 1 N–H and O–H groups in total. The van der Waals surface area contributed by atoms with E-state index in [2.05, 4.69) is 20.0 Å². The number of nitrogens with one attached hydrogen (secondary N) is 1. The molecule has 5 rings (SSSR count). The summed E-state index contributed by atoms with van der Waals surface area (Å²) in [6.45, 7) is 3.37. The summed E-state index contributed by atoms with van der Waals surface area (Å²) in [5.41, 5.74) is 0.235. The third-order valence-corrected chi connectivity index (χ3v) is 7.61. The first kappa shape index (κ1) is 25.5. The van der Waals surface area contributed by atoms with Gasteiger partial charge >= 0.3 is 12.1 Å². The zero-order chi connectivity index (χ0) is 26.3. The average molecular weight is 535 g/mol. The molecule has 0 radical (unpaired) electrons. The van der Waals surface area contributed by atoms with Gasteiger partial charge in [0.05, 0.1) is 36.6 Å². The summed E-state index contributed by atoms with van der Waals surface area (Å²) in [5, 5.41) is 3.01. The molecular formula is C25H28ClFN4O6. The first-order valence-corrected chi connectivity index (χ1v) is 12.4. The van der Waals surface area contributed by atoms with Crippen LogP contribution in [0.15, 0.2) is 24.5 Å². The largest absolute Gasteiger partial charge is 0.471 e. The maximum atomic E-state index is 15.4. The van der Waals surface area contributed by atoms with E-state index in [-0.39, 0.29) is 57.8 Å². The van der Waals surface area contributed by atoms with Crippen LogP contribution in [-0.2, 0) is 14.2 Å². The highest BCUT2D eigenvalue weighted by atomic mass is 35.5. The maximum Gasteiger partial charge on any atom is 0.410 e. The van der Waals surface area contributed by atoms with E-state index in [0.717, 1.165) is 12.8 Å². The predicted molar refractivity (Wildman–Crippen MR) is 131 cm³/mol. The molecule has 0 spiro atoms. The van der Waals surface area contributed by atoms with Crippen molar-refractivity contribution < 1.29 is 32.9 Å². The highest BCUT2D eigenvalue weighted by Gasteiger charge is 2.56. The number of amides is 1. The fourth-order valence-electron chi connectivity index (χ4n) is 4.80. The third-order valence-electron chi connectivity index (χ3n) is 7.30. The lowest BCUT2D eigenvalue weighted by Gasteiger charge is -2.47. The lowest BCUT2D eigenvalue weighted by atomic mass is 9.63. The molecule has 2 aliphatic carbocycles. The second kappa shape index (κ2) is 9.94. The van der Waals surface area contributed by atoms with Crippen molar-refractivity contribution >= 4 is 35.2 Å². The van der Waals surface area contributed by atoms with Gasteiger partial charge in [0.25, 0.3) is 5.88 Å². The molecule has 2 saturated carbocycles. The lowest BCUT2D eigenvalue weighted by molar-refractivity contribution is -0.0716. The lowest BCUT2D eigenvalue weighted by Crippen LogP contribution is -2.58. The van der Waals surface area contributed by atoms with Crippen LogP contribution in [0.4, 0.5) is 20.7 Å². The monoisotopic (exact) mass is 534 g/mol. The maximum absolute atomic E-state index is 15.4. The van der Waals surface area contributed by atoms with Gasteiger partial charge < -0.3 is 29.2 Å². The number of methoxy groups -OCH3 is 1. The molecule has 2 heterocycles. The topological polar surface area (TPSA) is 112 Å². The smallest absolute Gasteiger partial charge is 0.410 e. The van der Waals surface area contributed by atoms with Crippen molar-refractivity contribution in [3.8, 4) is 5.88 Å². The van der Waals surface area contributed by atoms with Crippen LogP contribution in [0, 0.1) is 23.6 Å². The molecule has 12 heteroatoms. The number of carbonyl (C=O) groups excluding carboxylic acids is 2. The summed E-state index contributed by atoms with van der Waals surface area (Å²) in [4.78, 5) is 33.7. The summed E-state index contributed by atoms with van der Waals surface area (Å²) < 4.78 is 37.3. The van der Waals surface area contributed by atoms with E-state index in [0.29, 0.717) is 25.4 Å². The van der Waals surface area contributed by atoms with Crippen LogP contribution < -0.4 is 10.1 Å². The molecular weight excluding hydrogens is 507 g/mol. The van der Waals surface area contributed by atoms with Crippen LogP contribution in [0.1, 0.15) is 30.1 Å². The van der Waals surface area contributed by atoms with Crippen molar-refractivity contribution in [2.75, 3.05) is 39.2 Å².